The van der Waals surface area contributed by atoms with Crippen molar-refractivity contribution in [3.05, 3.63) is 60.7 Å². The number of hydrogen-bond acceptors (Lipinski definition) is 3. The van der Waals surface area contributed by atoms with Crippen molar-refractivity contribution in [1.29, 1.82) is 0 Å². The lowest BCUT2D eigenvalue weighted by Gasteiger charge is -2.16. The van der Waals surface area contributed by atoms with Crippen molar-refractivity contribution in [1.82, 2.24) is 0 Å². The van der Waals surface area contributed by atoms with Gasteiger partial charge in [0.15, 0.2) is 0 Å². The molecule has 0 aliphatic heterocycles. The molecule has 0 saturated heterocycles. The summed E-state index contributed by atoms with van der Waals surface area (Å²) in [5.41, 5.74) is 0. The predicted molar refractivity (Wildman–Crippen MR) is 74.9 cm³/mol. The first-order chi connectivity index (χ1) is 8.77. The van der Waals surface area contributed by atoms with Gasteiger partial charge in [-0.25, -0.2) is 0 Å². The zero-order chi connectivity index (χ0) is 12.8. The fourth-order valence-electron chi connectivity index (χ4n) is 1.85. The van der Waals surface area contributed by atoms with Gasteiger partial charge in [0.05, 0.1) is 6.21 Å². The molecule has 4 heteroatoms. The maximum atomic E-state index is 13.2. The Bertz CT molecular complexity index is 523. The summed E-state index contributed by atoms with van der Waals surface area (Å²) >= 11 is 0. The molecule has 0 aliphatic carbocycles. The van der Waals surface area contributed by atoms with Gasteiger partial charge in [0, 0.05) is 16.8 Å². The van der Waals surface area contributed by atoms with Gasteiger partial charge in [-0.1, -0.05) is 60.7 Å². The third kappa shape index (κ3) is 2.52. The van der Waals surface area contributed by atoms with Crippen LogP contribution in [0.3, 0.4) is 0 Å². The largest absolute Gasteiger partial charge is 0.411 e. The van der Waals surface area contributed by atoms with Crippen molar-refractivity contribution in [2.75, 3.05) is 6.16 Å². The Morgan fingerprint density at radius 1 is 0.944 bits per heavy atom. The fourth-order valence-corrected chi connectivity index (χ4v) is 4.18. The average molecular weight is 259 g/mol. The molecule has 2 aromatic carbocycles. The monoisotopic (exact) mass is 259 g/mol. The topological polar surface area (TPSA) is 49.7 Å². The van der Waals surface area contributed by atoms with Gasteiger partial charge in [-0.2, -0.15) is 0 Å². The molecule has 0 saturated carbocycles. The highest BCUT2D eigenvalue weighted by Gasteiger charge is 2.25. The zero-order valence-corrected chi connectivity index (χ0v) is 10.7. The lowest BCUT2D eigenvalue weighted by Crippen LogP contribution is -2.18. The summed E-state index contributed by atoms with van der Waals surface area (Å²) < 4.78 is 13.2. The first-order valence-electron chi connectivity index (χ1n) is 5.63. The van der Waals surface area contributed by atoms with E-state index in [9.17, 15) is 4.57 Å². The summed E-state index contributed by atoms with van der Waals surface area (Å²) in [7, 11) is -2.75. The van der Waals surface area contributed by atoms with Crippen LogP contribution in [0.25, 0.3) is 0 Å². The summed E-state index contributed by atoms with van der Waals surface area (Å²) in [6.07, 6.45) is 1.51. The second-order valence-electron chi connectivity index (χ2n) is 3.89. The lowest BCUT2D eigenvalue weighted by atomic mass is 10.4. The molecule has 2 rings (SSSR count). The van der Waals surface area contributed by atoms with E-state index >= 15 is 0 Å². The number of rotatable bonds is 4. The third-order valence-electron chi connectivity index (χ3n) is 2.77. The first kappa shape index (κ1) is 12.6. The second-order valence-corrected chi connectivity index (χ2v) is 6.77. The number of nitrogens with zero attached hydrogens (tertiary/aromatic N) is 1. The van der Waals surface area contributed by atoms with E-state index in [0.717, 1.165) is 10.6 Å². The van der Waals surface area contributed by atoms with Crippen LogP contribution in [0.4, 0.5) is 0 Å². The molecule has 3 nitrogen and oxygen atoms in total. The normalized spacial score (nSPS) is 11.8. The van der Waals surface area contributed by atoms with E-state index in [1.54, 1.807) is 0 Å². The Balaban J connectivity index is 2.52. The number of benzene rings is 2. The summed E-state index contributed by atoms with van der Waals surface area (Å²) in [5, 5.41) is 13.1. The molecule has 1 N–H and O–H groups in total. The first-order valence-corrected chi connectivity index (χ1v) is 7.53. The van der Waals surface area contributed by atoms with E-state index < -0.39 is 7.14 Å². The highest BCUT2D eigenvalue weighted by Crippen LogP contribution is 2.42. The van der Waals surface area contributed by atoms with Gasteiger partial charge in [-0.3, -0.25) is 0 Å². The van der Waals surface area contributed by atoms with E-state index in [1.165, 1.54) is 6.21 Å². The molecule has 92 valence electrons. The van der Waals surface area contributed by atoms with Crippen LogP contribution in [-0.2, 0) is 4.57 Å². The smallest absolute Gasteiger partial charge is 0.148 e. The van der Waals surface area contributed by atoms with E-state index in [2.05, 4.69) is 5.16 Å². The second kappa shape index (κ2) is 5.65. The van der Waals surface area contributed by atoms with E-state index in [0.29, 0.717) is 0 Å². The third-order valence-corrected chi connectivity index (χ3v) is 5.71. The minimum Gasteiger partial charge on any atom is -0.411 e. The molecule has 0 heterocycles. The Kier molecular flexibility index (Phi) is 3.96. The molecule has 0 radical (unpaired) electrons. The molecule has 0 spiro atoms. The number of hydrogen-bond donors (Lipinski definition) is 1. The van der Waals surface area contributed by atoms with Crippen molar-refractivity contribution >= 4 is 24.0 Å². The fraction of sp³-hybridized carbons (Fsp3) is 0.0714. The molecule has 0 bridgehead atoms. The Morgan fingerprint density at radius 3 is 1.78 bits per heavy atom. The van der Waals surface area contributed by atoms with Gasteiger partial charge in [-0.15, -0.1) is 5.16 Å². The molecule has 0 fully saturated rings. The van der Waals surface area contributed by atoms with Gasteiger partial charge in [0.2, 0.25) is 0 Å². The average Bonchev–Trinajstić information content (AvgIpc) is 2.46. The molecular weight excluding hydrogens is 245 g/mol. The minimum absolute atomic E-state index is 0.220. The van der Waals surface area contributed by atoms with Gasteiger partial charge < -0.3 is 9.77 Å². The van der Waals surface area contributed by atoms with E-state index in [4.69, 9.17) is 5.21 Å². The molecule has 0 aromatic heterocycles. The van der Waals surface area contributed by atoms with Crippen molar-refractivity contribution in [3.8, 4) is 0 Å². The predicted octanol–water partition coefficient (Wildman–Crippen LogP) is 2.46. The Morgan fingerprint density at radius 2 is 1.39 bits per heavy atom. The SMILES string of the molecule is O=P(CC=NO)(c1ccccc1)c1ccccc1. The van der Waals surface area contributed by atoms with Crippen molar-refractivity contribution in [3.63, 3.8) is 0 Å². The molecule has 2 aromatic rings. The maximum absolute atomic E-state index is 13.2. The van der Waals surface area contributed by atoms with E-state index in [-0.39, 0.29) is 6.16 Å². The van der Waals surface area contributed by atoms with Crippen LogP contribution in [0.15, 0.2) is 65.8 Å². The van der Waals surface area contributed by atoms with Gasteiger partial charge in [0.1, 0.15) is 7.14 Å². The highest BCUT2D eigenvalue weighted by atomic mass is 31.2. The summed E-state index contributed by atoms with van der Waals surface area (Å²) in [5.74, 6) is 0. The molecule has 0 amide bonds. The quantitative estimate of drug-likeness (QED) is 0.397. The minimum atomic E-state index is -2.75. The van der Waals surface area contributed by atoms with Crippen LogP contribution in [0.2, 0.25) is 0 Å². The van der Waals surface area contributed by atoms with Crippen molar-refractivity contribution < 1.29 is 9.77 Å². The lowest BCUT2D eigenvalue weighted by molar-refractivity contribution is 0.321. The number of oxime groups is 1. The van der Waals surface area contributed by atoms with Gasteiger partial charge in [-0.05, 0) is 0 Å². The van der Waals surface area contributed by atoms with Crippen molar-refractivity contribution in [2.24, 2.45) is 5.16 Å². The molecular formula is C14H14NO2P. The Hall–Kier alpha value is -1.86. The molecule has 0 aliphatic rings. The van der Waals surface area contributed by atoms with E-state index in [1.807, 2.05) is 60.7 Å². The van der Waals surface area contributed by atoms with Crippen LogP contribution in [0, 0.1) is 0 Å². The van der Waals surface area contributed by atoms with Crippen LogP contribution < -0.4 is 10.6 Å². The summed E-state index contributed by atoms with van der Waals surface area (Å²) in [6.45, 7) is 0. The summed E-state index contributed by atoms with van der Waals surface area (Å²) in [6, 6.07) is 18.6. The Labute approximate surface area is 106 Å². The standard InChI is InChI=1S/C14H14NO2P/c16-15-11-12-18(17,13-7-3-1-4-8-13)14-9-5-2-6-10-14/h1-11,16H,12H2. The van der Waals surface area contributed by atoms with Gasteiger partial charge in [0.25, 0.3) is 0 Å². The molecule has 0 unspecified atom stereocenters. The van der Waals surface area contributed by atoms with Gasteiger partial charge >= 0.3 is 0 Å². The highest BCUT2D eigenvalue weighted by molar-refractivity contribution is 7.79. The molecule has 0 atom stereocenters. The van der Waals surface area contributed by atoms with Crippen LogP contribution in [0.5, 0.6) is 0 Å². The van der Waals surface area contributed by atoms with Crippen molar-refractivity contribution in [2.45, 2.75) is 0 Å². The molecule has 18 heavy (non-hydrogen) atoms. The van der Waals surface area contributed by atoms with Crippen LogP contribution in [0.1, 0.15) is 0 Å². The van der Waals surface area contributed by atoms with Crippen LogP contribution in [-0.4, -0.2) is 17.6 Å². The maximum Gasteiger partial charge on any atom is 0.148 e. The summed E-state index contributed by atoms with van der Waals surface area (Å²) in [4.78, 5) is 0. The van der Waals surface area contributed by atoms with Crippen LogP contribution >= 0.6 is 7.14 Å². The zero-order valence-electron chi connectivity index (χ0n) is 9.81.